The first-order valence-electron chi connectivity index (χ1n) is 7.03. The molecule has 2 saturated heterocycles. The highest BCUT2D eigenvalue weighted by atomic mass is 127. The van der Waals surface area contributed by atoms with Crippen LogP contribution in [0.15, 0.2) is 4.99 Å². The number of hydrogen-bond donors (Lipinski definition) is 2. The molecule has 0 aromatic carbocycles. The summed E-state index contributed by atoms with van der Waals surface area (Å²) < 4.78 is 5.75. The van der Waals surface area contributed by atoms with Gasteiger partial charge in [0.2, 0.25) is 0 Å². The Bertz CT molecular complexity index is 288. The SMILES string of the molecule is CN=C(NCCN1CCC1)NCC1(C)CCCO1.I. The maximum absolute atomic E-state index is 5.75. The first-order chi connectivity index (χ1) is 8.72. The Balaban J connectivity index is 0.00000180. The summed E-state index contributed by atoms with van der Waals surface area (Å²) >= 11 is 0. The van der Waals surface area contributed by atoms with Crippen LogP contribution in [0.1, 0.15) is 26.2 Å². The minimum Gasteiger partial charge on any atom is -0.373 e. The molecule has 0 aromatic heterocycles. The van der Waals surface area contributed by atoms with Gasteiger partial charge >= 0.3 is 0 Å². The van der Waals surface area contributed by atoms with Crippen molar-refractivity contribution in [3.63, 3.8) is 0 Å². The summed E-state index contributed by atoms with van der Waals surface area (Å²) in [7, 11) is 1.82. The molecular weight excluding hydrogens is 355 g/mol. The second-order valence-electron chi connectivity index (χ2n) is 5.45. The summed E-state index contributed by atoms with van der Waals surface area (Å²) in [6.45, 7) is 8.45. The monoisotopic (exact) mass is 382 g/mol. The van der Waals surface area contributed by atoms with Gasteiger partial charge in [-0.3, -0.25) is 4.99 Å². The lowest BCUT2D eigenvalue weighted by atomic mass is 10.0. The number of rotatable bonds is 5. The molecule has 0 spiro atoms. The van der Waals surface area contributed by atoms with Crippen molar-refractivity contribution in [1.82, 2.24) is 15.5 Å². The predicted molar refractivity (Wildman–Crippen MR) is 89.4 cm³/mol. The van der Waals surface area contributed by atoms with E-state index in [0.717, 1.165) is 38.6 Å². The molecule has 2 aliphatic heterocycles. The maximum Gasteiger partial charge on any atom is 0.191 e. The number of likely N-dealkylation sites (tertiary alicyclic amines) is 1. The van der Waals surface area contributed by atoms with Crippen molar-refractivity contribution in [3.8, 4) is 0 Å². The fourth-order valence-electron chi connectivity index (χ4n) is 2.41. The maximum atomic E-state index is 5.75. The molecule has 2 aliphatic rings. The molecule has 1 atom stereocenters. The zero-order valence-electron chi connectivity index (χ0n) is 12.1. The van der Waals surface area contributed by atoms with Crippen molar-refractivity contribution in [2.45, 2.75) is 31.8 Å². The zero-order valence-corrected chi connectivity index (χ0v) is 14.4. The van der Waals surface area contributed by atoms with Crippen LogP contribution in [0.2, 0.25) is 0 Å². The summed E-state index contributed by atoms with van der Waals surface area (Å²) in [5.74, 6) is 0.882. The minimum absolute atomic E-state index is 0. The number of halogens is 1. The fourth-order valence-corrected chi connectivity index (χ4v) is 2.41. The average Bonchev–Trinajstić information content (AvgIpc) is 2.73. The molecule has 5 nitrogen and oxygen atoms in total. The van der Waals surface area contributed by atoms with Gasteiger partial charge in [-0.05, 0) is 39.3 Å². The number of aliphatic imine (C=N–C) groups is 1. The van der Waals surface area contributed by atoms with Crippen molar-refractivity contribution in [2.75, 3.05) is 46.4 Å². The van der Waals surface area contributed by atoms with Gasteiger partial charge in [0.1, 0.15) is 0 Å². The summed E-state index contributed by atoms with van der Waals surface area (Å²) in [4.78, 5) is 6.69. The van der Waals surface area contributed by atoms with Crippen LogP contribution in [0.25, 0.3) is 0 Å². The van der Waals surface area contributed by atoms with Crippen LogP contribution in [0.3, 0.4) is 0 Å². The van der Waals surface area contributed by atoms with Crippen LogP contribution in [-0.4, -0.2) is 62.8 Å². The van der Waals surface area contributed by atoms with Gasteiger partial charge in [0.05, 0.1) is 5.60 Å². The van der Waals surface area contributed by atoms with E-state index in [-0.39, 0.29) is 29.6 Å². The van der Waals surface area contributed by atoms with Gasteiger partial charge in [0.25, 0.3) is 0 Å². The molecule has 0 amide bonds. The van der Waals surface area contributed by atoms with E-state index in [4.69, 9.17) is 4.74 Å². The summed E-state index contributed by atoms with van der Waals surface area (Å²) in [6, 6.07) is 0. The molecule has 0 saturated carbocycles. The van der Waals surface area contributed by atoms with Gasteiger partial charge < -0.3 is 20.3 Å². The van der Waals surface area contributed by atoms with E-state index in [2.05, 4.69) is 27.4 Å². The normalized spacial score (nSPS) is 27.6. The van der Waals surface area contributed by atoms with Crippen LogP contribution >= 0.6 is 24.0 Å². The Kier molecular flexibility index (Phi) is 7.38. The fraction of sp³-hybridized carbons (Fsp3) is 0.923. The number of guanidine groups is 1. The van der Waals surface area contributed by atoms with E-state index in [1.165, 1.54) is 25.9 Å². The topological polar surface area (TPSA) is 48.9 Å². The number of nitrogens with one attached hydrogen (secondary N) is 2. The van der Waals surface area contributed by atoms with E-state index in [9.17, 15) is 0 Å². The quantitative estimate of drug-likeness (QED) is 0.424. The summed E-state index contributed by atoms with van der Waals surface area (Å²) in [5.41, 5.74) is -0.0188. The van der Waals surface area contributed by atoms with Crippen molar-refractivity contribution < 1.29 is 4.74 Å². The zero-order chi connectivity index (χ0) is 12.8. The third kappa shape index (κ3) is 5.43. The van der Waals surface area contributed by atoms with E-state index >= 15 is 0 Å². The molecule has 112 valence electrons. The van der Waals surface area contributed by atoms with E-state index in [0.29, 0.717) is 0 Å². The summed E-state index contributed by atoms with van der Waals surface area (Å²) in [5, 5.41) is 6.71. The molecule has 2 rings (SSSR count). The van der Waals surface area contributed by atoms with Gasteiger partial charge in [-0.2, -0.15) is 0 Å². The highest BCUT2D eigenvalue weighted by Crippen LogP contribution is 2.23. The highest BCUT2D eigenvalue weighted by Gasteiger charge is 2.29. The molecule has 6 heteroatoms. The Morgan fingerprint density at radius 2 is 2.11 bits per heavy atom. The second kappa shape index (κ2) is 8.26. The van der Waals surface area contributed by atoms with Crippen LogP contribution in [0.4, 0.5) is 0 Å². The van der Waals surface area contributed by atoms with Crippen molar-refractivity contribution in [2.24, 2.45) is 4.99 Å². The molecule has 0 radical (unpaired) electrons. The Labute approximate surface area is 133 Å². The smallest absolute Gasteiger partial charge is 0.191 e. The van der Waals surface area contributed by atoms with Crippen LogP contribution in [0, 0.1) is 0 Å². The molecule has 1 unspecified atom stereocenters. The Morgan fingerprint density at radius 3 is 2.63 bits per heavy atom. The molecule has 2 heterocycles. The van der Waals surface area contributed by atoms with Gasteiger partial charge in [-0.1, -0.05) is 0 Å². The largest absolute Gasteiger partial charge is 0.373 e. The molecule has 2 N–H and O–H groups in total. The molecule has 19 heavy (non-hydrogen) atoms. The second-order valence-corrected chi connectivity index (χ2v) is 5.45. The standard InChI is InChI=1S/C13H26N4O.HI/c1-13(5-3-10-18-13)11-16-12(14-2)15-6-9-17-7-4-8-17;/h3-11H2,1-2H3,(H2,14,15,16);1H. The van der Waals surface area contributed by atoms with Crippen LogP contribution in [-0.2, 0) is 4.74 Å². The van der Waals surface area contributed by atoms with E-state index < -0.39 is 0 Å². The molecule has 0 aliphatic carbocycles. The van der Waals surface area contributed by atoms with Crippen LogP contribution in [0.5, 0.6) is 0 Å². The lowest BCUT2D eigenvalue weighted by Gasteiger charge is -2.31. The lowest BCUT2D eigenvalue weighted by molar-refractivity contribution is 0.0242. The summed E-state index contributed by atoms with van der Waals surface area (Å²) in [6.07, 6.45) is 3.65. The van der Waals surface area contributed by atoms with Crippen molar-refractivity contribution >= 4 is 29.9 Å². The van der Waals surface area contributed by atoms with Crippen LogP contribution < -0.4 is 10.6 Å². The lowest BCUT2D eigenvalue weighted by Crippen LogP contribution is -2.48. The molecule has 2 fully saturated rings. The number of hydrogen-bond acceptors (Lipinski definition) is 3. The Hall–Kier alpha value is -0.0800. The first-order valence-corrected chi connectivity index (χ1v) is 7.03. The highest BCUT2D eigenvalue weighted by molar-refractivity contribution is 14.0. The minimum atomic E-state index is -0.0188. The van der Waals surface area contributed by atoms with Gasteiger partial charge in [-0.25, -0.2) is 0 Å². The first kappa shape index (κ1) is 17.0. The number of nitrogens with zero attached hydrogens (tertiary/aromatic N) is 2. The number of ether oxygens (including phenoxy) is 1. The van der Waals surface area contributed by atoms with Gasteiger partial charge in [0.15, 0.2) is 5.96 Å². The predicted octanol–water partition coefficient (Wildman–Crippen LogP) is 1.04. The average molecular weight is 382 g/mol. The molecule has 0 aromatic rings. The third-order valence-electron chi connectivity index (χ3n) is 3.82. The van der Waals surface area contributed by atoms with Gasteiger partial charge in [0, 0.05) is 33.3 Å². The Morgan fingerprint density at radius 1 is 1.32 bits per heavy atom. The van der Waals surface area contributed by atoms with E-state index in [1.807, 2.05) is 7.05 Å². The van der Waals surface area contributed by atoms with E-state index in [1.54, 1.807) is 0 Å². The molecule has 0 bridgehead atoms. The third-order valence-corrected chi connectivity index (χ3v) is 3.82. The molecular formula is C13H27IN4O. The van der Waals surface area contributed by atoms with Crippen molar-refractivity contribution in [1.29, 1.82) is 0 Å². The van der Waals surface area contributed by atoms with Gasteiger partial charge in [-0.15, -0.1) is 24.0 Å². The van der Waals surface area contributed by atoms with Crippen molar-refractivity contribution in [3.05, 3.63) is 0 Å².